The van der Waals surface area contributed by atoms with E-state index in [2.05, 4.69) is 4.90 Å². The smallest absolute Gasteiger partial charge is 0.317 e. The third-order valence-electron chi connectivity index (χ3n) is 5.47. The number of rotatable bonds is 4. The van der Waals surface area contributed by atoms with Gasteiger partial charge in [-0.15, -0.1) is 0 Å². The fraction of sp³-hybridized carbons (Fsp3) is 0.889. The van der Waals surface area contributed by atoms with E-state index in [-0.39, 0.29) is 18.5 Å². The Morgan fingerprint density at radius 2 is 1.61 bits per heavy atom. The Morgan fingerprint density at radius 3 is 2.26 bits per heavy atom. The van der Waals surface area contributed by atoms with Crippen molar-refractivity contribution in [2.75, 3.05) is 26.7 Å². The van der Waals surface area contributed by atoms with Crippen LogP contribution in [0.3, 0.4) is 0 Å². The molecule has 0 radical (unpaired) electrons. The highest BCUT2D eigenvalue weighted by atomic mass is 16.4. The standard InChI is InChI=1S/C18H32N2O3/c1-19(14-17(21)22)16-10-7-12-20(13-11-16)18(23)15-8-5-3-2-4-6-9-15/h15-16H,2-14H2,1H3,(H,21,22). The predicted octanol–water partition coefficient (Wildman–Crippen LogP) is 2.74. The van der Waals surface area contributed by atoms with Crippen molar-refractivity contribution in [1.29, 1.82) is 0 Å². The van der Waals surface area contributed by atoms with E-state index in [0.29, 0.717) is 5.91 Å². The van der Waals surface area contributed by atoms with Gasteiger partial charge in [-0.25, -0.2) is 0 Å². The molecule has 1 saturated carbocycles. The molecule has 2 aliphatic rings. The second-order valence-electron chi connectivity index (χ2n) is 7.26. The summed E-state index contributed by atoms with van der Waals surface area (Å²) in [4.78, 5) is 27.7. The van der Waals surface area contributed by atoms with E-state index < -0.39 is 5.97 Å². The molecule has 1 atom stereocenters. The quantitative estimate of drug-likeness (QED) is 0.864. The van der Waals surface area contributed by atoms with Gasteiger partial charge in [-0.2, -0.15) is 0 Å². The van der Waals surface area contributed by atoms with Crippen LogP contribution in [0.1, 0.15) is 64.2 Å². The first-order valence-corrected chi connectivity index (χ1v) is 9.28. The van der Waals surface area contributed by atoms with E-state index >= 15 is 0 Å². The topological polar surface area (TPSA) is 60.9 Å². The van der Waals surface area contributed by atoms with Crippen LogP contribution in [0.15, 0.2) is 0 Å². The number of carboxylic acids is 1. The molecular formula is C18H32N2O3. The normalized spacial score (nSPS) is 24.8. The van der Waals surface area contributed by atoms with Gasteiger partial charge in [0.2, 0.25) is 5.91 Å². The number of likely N-dealkylation sites (tertiary alicyclic amines) is 1. The van der Waals surface area contributed by atoms with Gasteiger partial charge in [0, 0.05) is 25.0 Å². The van der Waals surface area contributed by atoms with Crippen LogP contribution in [0.2, 0.25) is 0 Å². The molecule has 1 unspecified atom stereocenters. The lowest BCUT2D eigenvalue weighted by Crippen LogP contribution is -2.39. The van der Waals surface area contributed by atoms with Gasteiger partial charge in [0.05, 0.1) is 6.54 Å². The van der Waals surface area contributed by atoms with Crippen molar-refractivity contribution < 1.29 is 14.7 Å². The van der Waals surface area contributed by atoms with Gasteiger partial charge < -0.3 is 10.0 Å². The molecule has 2 rings (SSSR count). The summed E-state index contributed by atoms with van der Waals surface area (Å²) in [7, 11) is 1.88. The number of hydrogen-bond acceptors (Lipinski definition) is 3. The summed E-state index contributed by atoms with van der Waals surface area (Å²) < 4.78 is 0. The zero-order chi connectivity index (χ0) is 16.7. The van der Waals surface area contributed by atoms with Gasteiger partial charge in [-0.1, -0.05) is 32.1 Å². The third-order valence-corrected chi connectivity index (χ3v) is 5.47. The Kier molecular flexibility index (Phi) is 7.34. The van der Waals surface area contributed by atoms with Crippen LogP contribution in [-0.4, -0.2) is 59.5 Å². The van der Waals surface area contributed by atoms with Crippen molar-refractivity contribution in [3.05, 3.63) is 0 Å². The first-order chi connectivity index (χ1) is 11.1. The number of carboxylic acid groups (broad SMARTS) is 1. The van der Waals surface area contributed by atoms with Gasteiger partial charge >= 0.3 is 5.97 Å². The summed E-state index contributed by atoms with van der Waals surface area (Å²) >= 11 is 0. The van der Waals surface area contributed by atoms with Crippen LogP contribution >= 0.6 is 0 Å². The van der Waals surface area contributed by atoms with E-state index in [0.717, 1.165) is 45.2 Å². The highest BCUT2D eigenvalue weighted by molar-refractivity contribution is 5.78. The Balaban J connectivity index is 1.86. The zero-order valence-electron chi connectivity index (χ0n) is 14.5. The number of aliphatic carboxylic acids is 1. The highest BCUT2D eigenvalue weighted by Crippen LogP contribution is 2.25. The van der Waals surface area contributed by atoms with Crippen molar-refractivity contribution in [2.45, 2.75) is 70.3 Å². The molecule has 2 fully saturated rings. The van der Waals surface area contributed by atoms with Crippen LogP contribution in [0, 0.1) is 5.92 Å². The Hall–Kier alpha value is -1.10. The van der Waals surface area contributed by atoms with Gasteiger partial charge in [-0.05, 0) is 39.2 Å². The minimum absolute atomic E-state index is 0.0846. The molecule has 0 spiro atoms. The molecule has 0 aromatic heterocycles. The lowest BCUT2D eigenvalue weighted by molar-refractivity contribution is -0.139. The molecule has 0 bridgehead atoms. The minimum atomic E-state index is -0.779. The second kappa shape index (κ2) is 9.26. The number of carbonyl (C=O) groups excluding carboxylic acids is 1. The molecule has 1 aliphatic heterocycles. The molecule has 5 heteroatoms. The molecule has 23 heavy (non-hydrogen) atoms. The number of likely N-dealkylation sites (N-methyl/N-ethyl adjacent to an activating group) is 1. The van der Waals surface area contributed by atoms with E-state index in [1.165, 1.54) is 32.1 Å². The minimum Gasteiger partial charge on any atom is -0.480 e. The second-order valence-corrected chi connectivity index (χ2v) is 7.26. The molecule has 0 aromatic rings. The van der Waals surface area contributed by atoms with Crippen LogP contribution in [-0.2, 0) is 9.59 Å². The van der Waals surface area contributed by atoms with Crippen molar-refractivity contribution in [3.8, 4) is 0 Å². The van der Waals surface area contributed by atoms with Crippen molar-refractivity contribution in [3.63, 3.8) is 0 Å². The Labute approximate surface area is 140 Å². The fourth-order valence-electron chi connectivity index (χ4n) is 4.04. The zero-order valence-corrected chi connectivity index (χ0v) is 14.5. The summed E-state index contributed by atoms with van der Waals surface area (Å²) in [6, 6.07) is 0.279. The molecule has 132 valence electrons. The Morgan fingerprint density at radius 1 is 0.957 bits per heavy atom. The number of nitrogens with zero attached hydrogens (tertiary/aromatic N) is 2. The first kappa shape index (κ1) is 18.2. The maximum atomic E-state index is 12.8. The van der Waals surface area contributed by atoms with Crippen LogP contribution in [0.25, 0.3) is 0 Å². The number of amides is 1. The van der Waals surface area contributed by atoms with E-state index in [9.17, 15) is 9.59 Å². The summed E-state index contributed by atoms with van der Waals surface area (Å²) in [5.74, 6) is -0.198. The number of carbonyl (C=O) groups is 2. The molecule has 1 heterocycles. The average Bonchev–Trinajstić information content (AvgIpc) is 2.71. The van der Waals surface area contributed by atoms with Crippen molar-refractivity contribution >= 4 is 11.9 Å². The van der Waals surface area contributed by atoms with E-state index in [4.69, 9.17) is 5.11 Å². The summed E-state index contributed by atoms with van der Waals surface area (Å²) in [5, 5.41) is 8.94. The maximum absolute atomic E-state index is 12.8. The highest BCUT2D eigenvalue weighted by Gasteiger charge is 2.28. The first-order valence-electron chi connectivity index (χ1n) is 9.28. The van der Waals surface area contributed by atoms with Gasteiger partial charge in [-0.3, -0.25) is 14.5 Å². The largest absolute Gasteiger partial charge is 0.480 e. The lowest BCUT2D eigenvalue weighted by Gasteiger charge is -2.28. The van der Waals surface area contributed by atoms with E-state index in [1.54, 1.807) is 0 Å². The van der Waals surface area contributed by atoms with Crippen molar-refractivity contribution in [2.24, 2.45) is 5.92 Å². The summed E-state index contributed by atoms with van der Waals surface area (Å²) in [5.41, 5.74) is 0. The van der Waals surface area contributed by atoms with Gasteiger partial charge in [0.15, 0.2) is 0 Å². The van der Waals surface area contributed by atoms with Crippen LogP contribution in [0.5, 0.6) is 0 Å². The molecule has 1 saturated heterocycles. The van der Waals surface area contributed by atoms with Crippen LogP contribution < -0.4 is 0 Å². The van der Waals surface area contributed by atoms with Gasteiger partial charge in [0.1, 0.15) is 0 Å². The van der Waals surface area contributed by atoms with E-state index in [1.807, 2.05) is 11.9 Å². The third kappa shape index (κ3) is 5.79. The lowest BCUT2D eigenvalue weighted by atomic mass is 9.90. The van der Waals surface area contributed by atoms with Gasteiger partial charge in [0.25, 0.3) is 0 Å². The molecule has 5 nitrogen and oxygen atoms in total. The Bertz CT molecular complexity index is 392. The summed E-state index contributed by atoms with van der Waals surface area (Å²) in [6.07, 6.45) is 11.2. The molecular weight excluding hydrogens is 292 g/mol. The van der Waals surface area contributed by atoms with Crippen LogP contribution in [0.4, 0.5) is 0 Å². The molecule has 1 N–H and O–H groups in total. The maximum Gasteiger partial charge on any atom is 0.317 e. The molecule has 0 aromatic carbocycles. The fourth-order valence-corrected chi connectivity index (χ4v) is 4.04. The monoisotopic (exact) mass is 324 g/mol. The molecule has 1 aliphatic carbocycles. The SMILES string of the molecule is CN(CC(=O)O)C1CCCN(C(=O)C2CCCCCCC2)CC1. The average molecular weight is 324 g/mol. The van der Waals surface area contributed by atoms with Crippen molar-refractivity contribution in [1.82, 2.24) is 9.80 Å². The number of hydrogen-bond donors (Lipinski definition) is 1. The molecule has 1 amide bonds. The summed E-state index contributed by atoms with van der Waals surface area (Å²) in [6.45, 7) is 1.71. The predicted molar refractivity (Wildman–Crippen MR) is 90.3 cm³/mol.